The molecule has 2 aromatic heterocycles. The Morgan fingerprint density at radius 3 is 2.42 bits per heavy atom. The number of aromatic amines is 1. The number of hydrogen-bond acceptors (Lipinski definition) is 5. The van der Waals surface area contributed by atoms with Crippen LogP contribution in [0.25, 0.3) is 11.1 Å². The van der Waals surface area contributed by atoms with E-state index in [1.165, 1.54) is 0 Å². The minimum atomic E-state index is -0.539. The Morgan fingerprint density at radius 2 is 1.79 bits per heavy atom. The quantitative estimate of drug-likeness (QED) is 0.379. The second-order valence-corrected chi connectivity index (χ2v) is 7.80. The van der Waals surface area contributed by atoms with Gasteiger partial charge in [0.15, 0.2) is 0 Å². The maximum absolute atomic E-state index is 13.2. The highest BCUT2D eigenvalue weighted by molar-refractivity contribution is 5.95. The average Bonchev–Trinajstić information content (AvgIpc) is 3.40. The fourth-order valence-electron chi connectivity index (χ4n) is 3.55. The molecule has 0 aliphatic heterocycles. The highest BCUT2D eigenvalue weighted by atomic mass is 16.2. The second-order valence-electron chi connectivity index (χ2n) is 7.80. The molecule has 33 heavy (non-hydrogen) atoms. The summed E-state index contributed by atoms with van der Waals surface area (Å²) in [6.45, 7) is 2.68. The lowest BCUT2D eigenvalue weighted by atomic mass is 9.98. The first-order valence-corrected chi connectivity index (χ1v) is 10.7. The largest absolute Gasteiger partial charge is 0.309 e. The number of aromatic nitrogens is 3. The van der Waals surface area contributed by atoms with Gasteiger partial charge in [-0.1, -0.05) is 49.4 Å². The van der Waals surface area contributed by atoms with Crippen LogP contribution in [-0.2, 0) is 4.79 Å². The number of anilines is 1. The van der Waals surface area contributed by atoms with Gasteiger partial charge in [-0.05, 0) is 41.3 Å². The van der Waals surface area contributed by atoms with Crippen LogP contribution in [-0.4, -0.2) is 27.6 Å². The molecule has 0 saturated heterocycles. The zero-order valence-electron chi connectivity index (χ0n) is 18.2. The fourth-order valence-corrected chi connectivity index (χ4v) is 3.55. The fraction of sp³-hybridized carbons (Fsp3) is 0.154. The van der Waals surface area contributed by atoms with E-state index in [0.717, 1.165) is 22.3 Å². The normalized spacial score (nSPS) is 12.5. The van der Waals surface area contributed by atoms with Crippen LogP contribution >= 0.6 is 0 Å². The van der Waals surface area contributed by atoms with Crippen LogP contribution in [0.2, 0.25) is 0 Å². The van der Waals surface area contributed by atoms with E-state index >= 15 is 0 Å². The first kappa shape index (κ1) is 21.9. The number of nitriles is 1. The van der Waals surface area contributed by atoms with Gasteiger partial charge in [0.2, 0.25) is 5.91 Å². The van der Waals surface area contributed by atoms with Crippen molar-refractivity contribution in [2.45, 2.75) is 18.9 Å². The molecule has 2 aromatic carbocycles. The lowest BCUT2D eigenvalue weighted by molar-refractivity contribution is -0.118. The van der Waals surface area contributed by atoms with Gasteiger partial charge in [0.1, 0.15) is 11.9 Å². The van der Waals surface area contributed by atoms with Gasteiger partial charge < -0.3 is 10.6 Å². The first-order valence-electron chi connectivity index (χ1n) is 10.7. The summed E-state index contributed by atoms with van der Waals surface area (Å²) in [5.74, 6) is 0.455. The Hall–Kier alpha value is -4.28. The molecule has 1 amide bonds. The average molecular weight is 437 g/mol. The van der Waals surface area contributed by atoms with Crippen LogP contribution in [0, 0.1) is 11.3 Å². The van der Waals surface area contributed by atoms with E-state index in [-0.39, 0.29) is 11.8 Å². The van der Waals surface area contributed by atoms with Crippen LogP contribution in [0.1, 0.15) is 35.6 Å². The molecular formula is C26H24N6O. The number of H-pyrrole nitrogens is 1. The van der Waals surface area contributed by atoms with Crippen LogP contribution in [0.5, 0.6) is 0 Å². The number of hydrogen-bond donors (Lipinski definition) is 3. The number of carbonyl (C=O) groups is 1. The highest BCUT2D eigenvalue weighted by Gasteiger charge is 2.21. The minimum Gasteiger partial charge on any atom is -0.309 e. The molecule has 2 atom stereocenters. The van der Waals surface area contributed by atoms with Crippen LogP contribution in [0.15, 0.2) is 85.3 Å². The van der Waals surface area contributed by atoms with Gasteiger partial charge in [-0.3, -0.25) is 9.89 Å². The van der Waals surface area contributed by atoms with Crippen LogP contribution < -0.4 is 10.6 Å². The van der Waals surface area contributed by atoms with Crippen molar-refractivity contribution >= 4 is 11.7 Å². The summed E-state index contributed by atoms with van der Waals surface area (Å²) in [6, 6.07) is 22.4. The summed E-state index contributed by atoms with van der Waals surface area (Å²) in [7, 11) is 0. The molecule has 4 aromatic rings. The van der Waals surface area contributed by atoms with Crippen molar-refractivity contribution < 1.29 is 4.79 Å². The van der Waals surface area contributed by atoms with Gasteiger partial charge in [-0.25, -0.2) is 4.98 Å². The third-order valence-electron chi connectivity index (χ3n) is 5.48. The lowest BCUT2D eigenvalue weighted by Crippen LogP contribution is -2.35. The minimum absolute atomic E-state index is 0.157. The molecule has 0 radical (unpaired) electrons. The lowest BCUT2D eigenvalue weighted by Gasteiger charge is -2.21. The third-order valence-corrected chi connectivity index (χ3v) is 5.48. The molecule has 164 valence electrons. The molecule has 0 unspecified atom stereocenters. The SMILES string of the molecule is C[C@H](CN[C@H](C(=O)Nc1ccc(-c2cn[nH]c2)cn1)c1ccccc1)c1ccc(C#N)cc1. The molecule has 0 aliphatic carbocycles. The zero-order chi connectivity index (χ0) is 23.0. The van der Waals surface area contributed by atoms with E-state index in [1.807, 2.05) is 60.7 Å². The molecule has 0 spiro atoms. The number of amides is 1. The Kier molecular flexibility index (Phi) is 6.88. The summed E-state index contributed by atoms with van der Waals surface area (Å²) >= 11 is 0. The van der Waals surface area contributed by atoms with Crippen molar-refractivity contribution in [2.75, 3.05) is 11.9 Å². The molecule has 0 fully saturated rings. The van der Waals surface area contributed by atoms with Gasteiger partial charge in [-0.15, -0.1) is 0 Å². The predicted octanol–water partition coefficient (Wildman–Crippen LogP) is 4.42. The van der Waals surface area contributed by atoms with Crippen molar-refractivity contribution in [1.29, 1.82) is 5.26 Å². The molecule has 2 heterocycles. The van der Waals surface area contributed by atoms with E-state index in [4.69, 9.17) is 5.26 Å². The van der Waals surface area contributed by atoms with E-state index in [0.29, 0.717) is 17.9 Å². The number of nitrogens with zero attached hydrogens (tertiary/aromatic N) is 3. The van der Waals surface area contributed by atoms with Crippen LogP contribution in [0.3, 0.4) is 0 Å². The molecular weight excluding hydrogens is 412 g/mol. The first-order chi connectivity index (χ1) is 16.1. The summed E-state index contributed by atoms with van der Waals surface area (Å²) in [5, 5.41) is 22.0. The summed E-state index contributed by atoms with van der Waals surface area (Å²) in [6.07, 6.45) is 5.22. The number of benzene rings is 2. The van der Waals surface area contributed by atoms with Crippen LogP contribution in [0.4, 0.5) is 5.82 Å². The Bertz CT molecular complexity index is 1210. The maximum Gasteiger partial charge on any atom is 0.247 e. The van der Waals surface area contributed by atoms with Gasteiger partial charge in [0.25, 0.3) is 0 Å². The van der Waals surface area contributed by atoms with Gasteiger partial charge in [0, 0.05) is 30.1 Å². The van der Waals surface area contributed by atoms with E-state index in [2.05, 4.69) is 38.8 Å². The molecule has 7 heteroatoms. The van der Waals surface area contributed by atoms with Crippen molar-refractivity contribution in [3.05, 3.63) is 102 Å². The third kappa shape index (κ3) is 5.50. The Labute approximate surface area is 192 Å². The van der Waals surface area contributed by atoms with Crippen molar-refractivity contribution in [1.82, 2.24) is 20.5 Å². The number of rotatable bonds is 8. The summed E-state index contributed by atoms with van der Waals surface area (Å²) in [5.41, 5.74) is 4.45. The zero-order valence-corrected chi connectivity index (χ0v) is 18.2. The molecule has 3 N–H and O–H groups in total. The van der Waals surface area contributed by atoms with E-state index in [9.17, 15) is 4.79 Å². The molecule has 7 nitrogen and oxygen atoms in total. The van der Waals surface area contributed by atoms with Crippen molar-refractivity contribution in [3.8, 4) is 17.2 Å². The number of carbonyl (C=O) groups excluding carboxylic acids is 1. The topological polar surface area (TPSA) is 106 Å². The predicted molar refractivity (Wildman–Crippen MR) is 127 cm³/mol. The summed E-state index contributed by atoms with van der Waals surface area (Å²) in [4.78, 5) is 17.6. The van der Waals surface area contributed by atoms with Gasteiger partial charge in [0.05, 0.1) is 17.8 Å². The Morgan fingerprint density at radius 1 is 1.00 bits per heavy atom. The Balaban J connectivity index is 1.46. The maximum atomic E-state index is 13.2. The number of pyridine rings is 1. The van der Waals surface area contributed by atoms with Gasteiger partial charge >= 0.3 is 0 Å². The van der Waals surface area contributed by atoms with E-state index < -0.39 is 6.04 Å². The smallest absolute Gasteiger partial charge is 0.247 e. The van der Waals surface area contributed by atoms with Crippen molar-refractivity contribution in [3.63, 3.8) is 0 Å². The van der Waals surface area contributed by atoms with Gasteiger partial charge in [-0.2, -0.15) is 10.4 Å². The van der Waals surface area contributed by atoms with E-state index in [1.54, 1.807) is 24.7 Å². The summed E-state index contributed by atoms with van der Waals surface area (Å²) < 4.78 is 0. The highest BCUT2D eigenvalue weighted by Crippen LogP contribution is 2.21. The number of nitrogens with one attached hydrogen (secondary N) is 3. The molecule has 0 bridgehead atoms. The standard InChI is InChI=1S/C26H24N6O/c1-18(20-9-7-19(13-27)8-10-20)14-29-25(21-5-3-2-4-6-21)26(33)32-24-12-11-22(15-28-24)23-16-30-31-17-23/h2-12,15-18,25,29H,14H2,1H3,(H,30,31)(H,28,32,33)/t18-,25+/m1/s1. The molecule has 0 aliphatic rings. The molecule has 0 saturated carbocycles. The van der Waals surface area contributed by atoms with Crippen molar-refractivity contribution in [2.24, 2.45) is 0 Å². The molecule has 4 rings (SSSR count). The monoisotopic (exact) mass is 436 g/mol. The second kappa shape index (κ2) is 10.4.